The second-order valence-corrected chi connectivity index (χ2v) is 9.33. The molecular weight excluding hydrogens is 372 g/mol. The smallest absolute Gasteiger partial charge is 0.123 e. The fourth-order valence-electron chi connectivity index (χ4n) is 6.08. The van der Waals surface area contributed by atoms with Crippen molar-refractivity contribution in [1.29, 1.82) is 0 Å². The Kier molecular flexibility index (Phi) is 4.12. The van der Waals surface area contributed by atoms with Gasteiger partial charge < -0.3 is 4.74 Å². The lowest BCUT2D eigenvalue weighted by Gasteiger charge is -2.54. The van der Waals surface area contributed by atoms with E-state index in [0.29, 0.717) is 12.5 Å². The lowest BCUT2D eigenvalue weighted by Crippen LogP contribution is -2.43. The molecule has 4 bridgehead atoms. The lowest BCUT2D eigenvalue weighted by molar-refractivity contribution is -0.00371. The Bertz CT molecular complexity index is 726. The molecule has 4 aliphatic carbocycles. The molecule has 0 atom stereocenters. The maximum absolute atomic E-state index is 6.31. The van der Waals surface area contributed by atoms with E-state index in [-0.39, 0.29) is 0 Å². The number of rotatable bonds is 4. The Morgan fingerprint density at radius 3 is 2.20 bits per heavy atom. The molecule has 0 heterocycles. The van der Waals surface area contributed by atoms with Gasteiger partial charge in [0, 0.05) is 4.47 Å². The summed E-state index contributed by atoms with van der Waals surface area (Å²) in [7, 11) is 0. The summed E-state index contributed by atoms with van der Waals surface area (Å²) < 4.78 is 7.50. The van der Waals surface area contributed by atoms with Gasteiger partial charge in [0.15, 0.2) is 0 Å². The third kappa shape index (κ3) is 3.03. The molecule has 1 nitrogen and oxygen atoms in total. The Labute approximate surface area is 158 Å². The van der Waals surface area contributed by atoms with E-state index in [0.717, 1.165) is 29.4 Å². The molecule has 0 aliphatic heterocycles. The van der Waals surface area contributed by atoms with Gasteiger partial charge in [-0.1, -0.05) is 46.3 Å². The molecule has 2 heteroatoms. The van der Waals surface area contributed by atoms with Crippen molar-refractivity contribution in [1.82, 2.24) is 0 Å². The van der Waals surface area contributed by atoms with E-state index in [2.05, 4.69) is 64.5 Å². The first kappa shape index (κ1) is 15.9. The number of benzene rings is 2. The third-order valence-corrected chi connectivity index (χ3v) is 7.29. The summed E-state index contributed by atoms with van der Waals surface area (Å²) in [5.41, 5.74) is 2.69. The van der Waals surface area contributed by atoms with Gasteiger partial charge in [0.05, 0.1) is 0 Å². The van der Waals surface area contributed by atoms with Crippen LogP contribution in [0.15, 0.2) is 53.0 Å². The second kappa shape index (κ2) is 6.46. The molecule has 0 N–H and O–H groups in total. The highest BCUT2D eigenvalue weighted by Crippen LogP contribution is 2.60. The number of halogens is 1. The minimum absolute atomic E-state index is 0.656. The molecule has 0 radical (unpaired) electrons. The summed E-state index contributed by atoms with van der Waals surface area (Å²) in [4.78, 5) is 0. The van der Waals surface area contributed by atoms with Crippen molar-refractivity contribution in [3.05, 3.63) is 64.1 Å². The van der Waals surface area contributed by atoms with Gasteiger partial charge in [-0.2, -0.15) is 0 Å². The molecule has 25 heavy (non-hydrogen) atoms. The molecule has 0 saturated heterocycles. The van der Waals surface area contributed by atoms with Crippen molar-refractivity contribution < 1.29 is 4.74 Å². The minimum Gasteiger partial charge on any atom is -0.489 e. The lowest BCUT2D eigenvalue weighted by atomic mass is 9.50. The zero-order valence-electron chi connectivity index (χ0n) is 14.5. The minimum atomic E-state index is 0.656. The van der Waals surface area contributed by atoms with Crippen molar-refractivity contribution >= 4 is 15.9 Å². The maximum atomic E-state index is 6.31. The van der Waals surface area contributed by atoms with Crippen molar-refractivity contribution in [3.63, 3.8) is 0 Å². The van der Waals surface area contributed by atoms with Gasteiger partial charge in [0.25, 0.3) is 0 Å². The Morgan fingerprint density at radius 1 is 0.840 bits per heavy atom. The molecule has 0 spiro atoms. The van der Waals surface area contributed by atoms with Crippen molar-refractivity contribution in [2.24, 2.45) is 23.7 Å². The van der Waals surface area contributed by atoms with Gasteiger partial charge in [-0.25, -0.2) is 0 Å². The molecule has 6 rings (SSSR count). The van der Waals surface area contributed by atoms with Gasteiger partial charge in [0.1, 0.15) is 12.4 Å². The van der Waals surface area contributed by atoms with Crippen LogP contribution in [0.5, 0.6) is 5.75 Å². The highest BCUT2D eigenvalue weighted by Gasteiger charge is 2.49. The Hall–Kier alpha value is -1.28. The van der Waals surface area contributed by atoms with Crippen LogP contribution in [0.1, 0.15) is 49.1 Å². The maximum Gasteiger partial charge on any atom is 0.123 e. The molecular formula is C23H25BrO. The van der Waals surface area contributed by atoms with Crippen LogP contribution >= 0.6 is 15.9 Å². The van der Waals surface area contributed by atoms with Crippen molar-refractivity contribution in [2.75, 3.05) is 0 Å². The van der Waals surface area contributed by atoms with Crippen molar-refractivity contribution in [2.45, 2.75) is 44.6 Å². The summed E-state index contributed by atoms with van der Waals surface area (Å²) in [6, 6.07) is 17.1. The predicted molar refractivity (Wildman–Crippen MR) is 105 cm³/mol. The van der Waals surface area contributed by atoms with Crippen LogP contribution in [0.25, 0.3) is 0 Å². The van der Waals surface area contributed by atoms with Crippen molar-refractivity contribution in [3.8, 4) is 5.75 Å². The summed E-state index contributed by atoms with van der Waals surface area (Å²) in [6.45, 7) is 0.656. The standard InChI is InChI=1S/C23H25BrO/c24-20-6-7-22(25-14-15-4-2-1-3-5-15)21(13-20)23-18-9-16-8-17(11-18)12-19(23)10-16/h1-7,13,16-19,23H,8-12,14H2. The van der Waals surface area contributed by atoms with Gasteiger partial charge in [-0.3, -0.25) is 0 Å². The highest BCUT2D eigenvalue weighted by atomic mass is 79.9. The molecule has 0 aromatic heterocycles. The van der Waals surface area contributed by atoms with Crippen LogP contribution in [-0.2, 0) is 6.61 Å². The van der Waals surface area contributed by atoms with Crippen LogP contribution in [0.4, 0.5) is 0 Å². The molecule has 4 saturated carbocycles. The molecule has 2 aromatic carbocycles. The molecule has 4 fully saturated rings. The summed E-state index contributed by atoms with van der Waals surface area (Å²) in [5, 5.41) is 0. The van der Waals surface area contributed by atoms with E-state index in [1.807, 2.05) is 0 Å². The number of hydrogen-bond acceptors (Lipinski definition) is 1. The summed E-state index contributed by atoms with van der Waals surface area (Å²) >= 11 is 3.70. The van der Waals surface area contributed by atoms with Gasteiger partial charge in [0.2, 0.25) is 0 Å². The Morgan fingerprint density at radius 2 is 1.52 bits per heavy atom. The van der Waals surface area contributed by atoms with Gasteiger partial charge in [-0.05, 0) is 91.0 Å². The van der Waals surface area contributed by atoms with Crippen LogP contribution < -0.4 is 4.74 Å². The van der Waals surface area contributed by atoms with Crippen LogP contribution in [0.2, 0.25) is 0 Å². The fourth-order valence-corrected chi connectivity index (χ4v) is 6.46. The van der Waals surface area contributed by atoms with Crippen LogP contribution in [-0.4, -0.2) is 0 Å². The Balaban J connectivity index is 1.43. The quantitative estimate of drug-likeness (QED) is 0.567. The average molecular weight is 397 g/mol. The van der Waals surface area contributed by atoms with E-state index >= 15 is 0 Å². The van der Waals surface area contributed by atoms with E-state index in [1.54, 1.807) is 0 Å². The second-order valence-electron chi connectivity index (χ2n) is 8.41. The first-order valence-corrected chi connectivity index (χ1v) is 10.5. The topological polar surface area (TPSA) is 9.23 Å². The average Bonchev–Trinajstić information content (AvgIpc) is 2.61. The first-order valence-electron chi connectivity index (χ1n) is 9.72. The van der Waals surface area contributed by atoms with Gasteiger partial charge in [-0.15, -0.1) is 0 Å². The third-order valence-electron chi connectivity index (χ3n) is 6.79. The van der Waals surface area contributed by atoms with E-state index in [9.17, 15) is 0 Å². The first-order chi connectivity index (χ1) is 12.3. The normalized spacial score (nSPS) is 32.8. The monoisotopic (exact) mass is 396 g/mol. The molecule has 130 valence electrons. The fraction of sp³-hybridized carbons (Fsp3) is 0.478. The molecule has 0 unspecified atom stereocenters. The van der Waals surface area contributed by atoms with Crippen LogP contribution in [0, 0.1) is 23.7 Å². The zero-order valence-corrected chi connectivity index (χ0v) is 16.1. The summed E-state index contributed by atoms with van der Waals surface area (Å²) in [6.07, 6.45) is 7.30. The SMILES string of the molecule is Brc1ccc(OCc2ccccc2)c(C2C3CC4CC(C3)CC2C4)c1. The number of ether oxygens (including phenoxy) is 1. The molecule has 0 amide bonds. The van der Waals surface area contributed by atoms with E-state index < -0.39 is 0 Å². The predicted octanol–water partition coefficient (Wildman–Crippen LogP) is 6.57. The van der Waals surface area contributed by atoms with Gasteiger partial charge >= 0.3 is 0 Å². The summed E-state index contributed by atoms with van der Waals surface area (Å²) in [5.74, 6) is 5.59. The van der Waals surface area contributed by atoms with E-state index in [4.69, 9.17) is 4.74 Å². The zero-order chi connectivity index (χ0) is 16.8. The van der Waals surface area contributed by atoms with E-state index in [1.165, 1.54) is 47.7 Å². The largest absolute Gasteiger partial charge is 0.489 e. The number of hydrogen-bond donors (Lipinski definition) is 0. The molecule has 2 aromatic rings. The highest BCUT2D eigenvalue weighted by molar-refractivity contribution is 9.10. The van der Waals surface area contributed by atoms with Crippen LogP contribution in [0.3, 0.4) is 0 Å². The molecule has 4 aliphatic rings.